The van der Waals surface area contributed by atoms with Gasteiger partial charge in [-0.15, -0.1) is 10.2 Å². The van der Waals surface area contributed by atoms with Crippen LogP contribution in [0.2, 0.25) is 10.0 Å². The van der Waals surface area contributed by atoms with E-state index < -0.39 is 11.7 Å². The van der Waals surface area contributed by atoms with Gasteiger partial charge >= 0.3 is 0 Å². The number of fused-ring (bicyclic) bond motifs is 1. The summed E-state index contributed by atoms with van der Waals surface area (Å²) in [5.74, 6) is -1.21. The van der Waals surface area contributed by atoms with Gasteiger partial charge in [-0.05, 0) is 55.8 Å². The van der Waals surface area contributed by atoms with Gasteiger partial charge < -0.3 is 20.7 Å². The van der Waals surface area contributed by atoms with Crippen LogP contribution in [0.4, 0.5) is 15.9 Å². The van der Waals surface area contributed by atoms with Crippen molar-refractivity contribution in [2.45, 2.75) is 25.5 Å². The highest BCUT2D eigenvalue weighted by Gasteiger charge is 2.32. The van der Waals surface area contributed by atoms with Gasteiger partial charge in [-0.25, -0.2) is 4.39 Å². The summed E-state index contributed by atoms with van der Waals surface area (Å²) in [5.41, 5.74) is 7.06. The monoisotopic (exact) mass is 558 g/mol. The first-order valence-corrected chi connectivity index (χ1v) is 12.9. The summed E-state index contributed by atoms with van der Waals surface area (Å²) in [4.78, 5) is 30.1. The van der Waals surface area contributed by atoms with Crippen molar-refractivity contribution in [1.29, 1.82) is 0 Å². The molecule has 2 aliphatic heterocycles. The third-order valence-electron chi connectivity index (χ3n) is 6.79. The highest BCUT2D eigenvalue weighted by Crippen LogP contribution is 2.30. The third kappa shape index (κ3) is 5.52. The van der Waals surface area contributed by atoms with E-state index >= 15 is 0 Å². The molecule has 3 N–H and O–H groups in total. The molecule has 12 heteroatoms. The van der Waals surface area contributed by atoms with Crippen LogP contribution in [-0.4, -0.2) is 64.0 Å². The van der Waals surface area contributed by atoms with E-state index in [0.717, 1.165) is 32.1 Å². The molecular weight excluding hydrogens is 534 g/mol. The molecule has 0 bridgehead atoms. The Morgan fingerprint density at radius 2 is 1.89 bits per heavy atom. The molecule has 2 fully saturated rings. The molecule has 2 aliphatic rings. The van der Waals surface area contributed by atoms with Gasteiger partial charge in [0.25, 0.3) is 11.8 Å². The zero-order chi connectivity index (χ0) is 26.8. The quantitative estimate of drug-likeness (QED) is 0.434. The smallest absolute Gasteiger partial charge is 0.276 e. The number of amides is 2. The maximum atomic E-state index is 13.8. The normalized spacial score (nSPS) is 17.2. The van der Waals surface area contributed by atoms with Gasteiger partial charge in [0.1, 0.15) is 12.4 Å². The lowest BCUT2D eigenvalue weighted by molar-refractivity contribution is 0.0571. The lowest BCUT2D eigenvalue weighted by Crippen LogP contribution is -2.52. The second-order valence-corrected chi connectivity index (χ2v) is 9.99. The Balaban J connectivity index is 1.22. The summed E-state index contributed by atoms with van der Waals surface area (Å²) in [6, 6.07) is 11.0. The molecule has 1 atom stereocenters. The molecule has 0 radical (unpaired) electrons. The second kappa shape index (κ2) is 11.1. The molecule has 3 aromatic rings. The van der Waals surface area contributed by atoms with Gasteiger partial charge in [0.15, 0.2) is 17.3 Å². The van der Waals surface area contributed by atoms with Crippen LogP contribution in [0.5, 0.6) is 5.75 Å². The number of nitrogen functional groups attached to an aromatic ring is 1. The van der Waals surface area contributed by atoms with Crippen molar-refractivity contribution < 1.29 is 18.7 Å². The van der Waals surface area contributed by atoms with E-state index in [-0.39, 0.29) is 45.4 Å². The van der Waals surface area contributed by atoms with E-state index in [9.17, 15) is 14.0 Å². The van der Waals surface area contributed by atoms with E-state index in [0.29, 0.717) is 23.8 Å². The van der Waals surface area contributed by atoms with Gasteiger partial charge in [0.2, 0.25) is 0 Å². The summed E-state index contributed by atoms with van der Waals surface area (Å²) in [5, 5.41) is 10.4. The Bertz CT molecular complexity index is 1370. The summed E-state index contributed by atoms with van der Waals surface area (Å²) in [7, 11) is 0. The summed E-state index contributed by atoms with van der Waals surface area (Å²) in [6.45, 7) is 3.28. The standard InChI is InChI=1S/C26H25Cl2FN6O3/c27-19-7-8-20(29)23(28)18(19)14-38-22-12-21(32-33-24(22)30)25(36)31-16-5-3-15(4-6-16)26(37)35-11-10-34-9-1-2-17(34)13-35/h3-8,12,17H,1-2,9-11,13-14H2,(H2,30,33)(H,31,36). The van der Waals surface area contributed by atoms with Crippen molar-refractivity contribution in [2.75, 3.05) is 37.2 Å². The average molecular weight is 559 g/mol. The largest absolute Gasteiger partial charge is 0.485 e. The van der Waals surface area contributed by atoms with Crippen LogP contribution < -0.4 is 15.8 Å². The maximum absolute atomic E-state index is 13.8. The van der Waals surface area contributed by atoms with Gasteiger partial charge in [-0.2, -0.15) is 0 Å². The van der Waals surface area contributed by atoms with E-state index in [1.165, 1.54) is 18.6 Å². The number of benzene rings is 2. The Hall–Kier alpha value is -3.47. The van der Waals surface area contributed by atoms with Gasteiger partial charge in [-0.3, -0.25) is 14.5 Å². The fourth-order valence-electron chi connectivity index (χ4n) is 4.71. The van der Waals surface area contributed by atoms with Crippen LogP contribution >= 0.6 is 23.2 Å². The lowest BCUT2D eigenvalue weighted by Gasteiger charge is -2.37. The molecule has 1 unspecified atom stereocenters. The van der Waals surface area contributed by atoms with Crippen molar-refractivity contribution in [3.05, 3.63) is 75.1 Å². The number of nitrogens with one attached hydrogen (secondary N) is 1. The van der Waals surface area contributed by atoms with Crippen LogP contribution in [0.15, 0.2) is 42.5 Å². The average Bonchev–Trinajstić information content (AvgIpc) is 3.40. The minimum Gasteiger partial charge on any atom is -0.485 e. The number of rotatable bonds is 6. The van der Waals surface area contributed by atoms with Crippen molar-refractivity contribution in [2.24, 2.45) is 0 Å². The van der Waals surface area contributed by atoms with Crippen LogP contribution in [0, 0.1) is 5.82 Å². The number of halogens is 3. The summed E-state index contributed by atoms with van der Waals surface area (Å²) in [6.07, 6.45) is 2.31. The lowest BCUT2D eigenvalue weighted by atomic mass is 10.1. The molecule has 3 heterocycles. The van der Waals surface area contributed by atoms with Crippen LogP contribution in [0.25, 0.3) is 0 Å². The van der Waals surface area contributed by atoms with Crippen LogP contribution in [0.1, 0.15) is 39.3 Å². The topological polar surface area (TPSA) is 114 Å². The number of hydrogen-bond donors (Lipinski definition) is 2. The number of carbonyl (C=O) groups excluding carboxylic acids is 2. The number of carbonyl (C=O) groups is 2. The first kappa shape index (κ1) is 26.1. The van der Waals surface area contributed by atoms with Crippen molar-refractivity contribution in [3.63, 3.8) is 0 Å². The first-order valence-electron chi connectivity index (χ1n) is 12.1. The molecule has 198 valence electrons. The fourth-order valence-corrected chi connectivity index (χ4v) is 5.19. The molecule has 9 nitrogen and oxygen atoms in total. The molecular formula is C26H25Cl2FN6O3. The Morgan fingerprint density at radius 1 is 1.11 bits per heavy atom. The molecule has 2 amide bonds. The van der Waals surface area contributed by atoms with Crippen LogP contribution in [-0.2, 0) is 6.61 Å². The third-order valence-corrected chi connectivity index (χ3v) is 7.56. The predicted octanol–water partition coefficient (Wildman–Crippen LogP) is 4.26. The highest BCUT2D eigenvalue weighted by molar-refractivity contribution is 6.36. The van der Waals surface area contributed by atoms with Crippen molar-refractivity contribution in [1.82, 2.24) is 20.0 Å². The molecule has 2 saturated heterocycles. The molecule has 1 aromatic heterocycles. The minimum atomic E-state index is -0.639. The zero-order valence-corrected chi connectivity index (χ0v) is 21.8. The second-order valence-electron chi connectivity index (χ2n) is 9.20. The van der Waals surface area contributed by atoms with Crippen molar-refractivity contribution >= 4 is 46.5 Å². The molecule has 0 saturated carbocycles. The molecule has 38 heavy (non-hydrogen) atoms. The van der Waals surface area contributed by atoms with E-state index in [2.05, 4.69) is 20.4 Å². The summed E-state index contributed by atoms with van der Waals surface area (Å²) < 4.78 is 19.4. The van der Waals surface area contributed by atoms with Crippen molar-refractivity contribution in [3.8, 4) is 5.75 Å². The van der Waals surface area contributed by atoms with Gasteiger partial charge in [0, 0.05) is 53.6 Å². The zero-order valence-electron chi connectivity index (χ0n) is 20.3. The first-order chi connectivity index (χ1) is 18.3. The number of aromatic nitrogens is 2. The number of hydrogen-bond acceptors (Lipinski definition) is 7. The molecule has 2 aromatic carbocycles. The maximum Gasteiger partial charge on any atom is 0.276 e. The Morgan fingerprint density at radius 3 is 2.68 bits per heavy atom. The number of nitrogens with two attached hydrogens (primary N) is 1. The summed E-state index contributed by atoms with van der Waals surface area (Å²) >= 11 is 12.1. The number of anilines is 2. The minimum absolute atomic E-state index is 0.0147. The molecule has 0 aliphatic carbocycles. The Labute approximate surface area is 228 Å². The highest BCUT2D eigenvalue weighted by atomic mass is 35.5. The Kier molecular flexibility index (Phi) is 7.64. The molecule has 5 rings (SSSR count). The number of ether oxygens (including phenoxy) is 1. The SMILES string of the molecule is Nc1nnc(C(=O)Nc2ccc(C(=O)N3CCN4CCCC4C3)cc2)cc1OCc1c(Cl)ccc(F)c1Cl. The number of piperazine rings is 1. The van der Waals surface area contributed by atoms with Crippen LogP contribution in [0.3, 0.4) is 0 Å². The predicted molar refractivity (Wildman–Crippen MR) is 142 cm³/mol. The number of nitrogens with zero attached hydrogens (tertiary/aromatic N) is 4. The van der Waals surface area contributed by atoms with Gasteiger partial charge in [0.05, 0.1) is 5.02 Å². The van der Waals surface area contributed by atoms with E-state index in [1.807, 2.05) is 4.90 Å². The van der Waals surface area contributed by atoms with E-state index in [4.69, 9.17) is 33.7 Å². The fraction of sp³-hybridized carbons (Fsp3) is 0.308. The van der Waals surface area contributed by atoms with Gasteiger partial charge in [-0.1, -0.05) is 23.2 Å². The molecule has 0 spiro atoms. The van der Waals surface area contributed by atoms with E-state index in [1.54, 1.807) is 24.3 Å².